The van der Waals surface area contributed by atoms with Gasteiger partial charge in [0.2, 0.25) is 0 Å². The Hall–Kier alpha value is -1.21. The molecule has 8 heteroatoms. The van der Waals surface area contributed by atoms with E-state index in [1.54, 1.807) is 0 Å². The zero-order valence-corrected chi connectivity index (χ0v) is 6.87. The molecule has 0 aliphatic heterocycles. The zero-order chi connectivity index (χ0) is 12.0. The van der Waals surface area contributed by atoms with E-state index in [0.717, 1.165) is 0 Å². The van der Waals surface area contributed by atoms with Crippen molar-refractivity contribution >= 4 is 5.97 Å². The van der Waals surface area contributed by atoms with Crippen LogP contribution in [0.4, 0.5) is 26.3 Å². The normalized spacial score (nSPS) is 11.1. The smallest absolute Gasteiger partial charge is 0.370 e. The summed E-state index contributed by atoms with van der Waals surface area (Å²) in [6, 6.07) is 0. The first kappa shape index (κ1) is 15.3. The van der Waals surface area contributed by atoms with Crippen molar-refractivity contribution in [3.05, 3.63) is 12.7 Å². The molecule has 0 atom stereocenters. The summed E-state index contributed by atoms with van der Waals surface area (Å²) in [6.45, 7) is 2.96. The molecule has 0 spiro atoms. The van der Waals surface area contributed by atoms with Gasteiger partial charge in [0.25, 0.3) is 0 Å². The molecule has 0 saturated carbocycles. The highest BCUT2D eigenvalue weighted by atomic mass is 19.4. The van der Waals surface area contributed by atoms with E-state index in [1.807, 2.05) is 0 Å². The molecule has 0 unspecified atom stereocenters. The molecule has 0 aromatic heterocycles. The minimum atomic E-state index is -4.90. The van der Waals surface area contributed by atoms with E-state index in [2.05, 4.69) is 11.3 Å². The number of esters is 1. The van der Waals surface area contributed by atoms with Crippen LogP contribution in [0.2, 0.25) is 0 Å². The molecule has 0 aromatic carbocycles. The zero-order valence-electron chi connectivity index (χ0n) is 6.87. The van der Waals surface area contributed by atoms with Crippen molar-refractivity contribution in [2.75, 3.05) is 0 Å². The number of rotatable bonds is 1. The van der Waals surface area contributed by atoms with E-state index in [0.29, 0.717) is 6.08 Å². The molecule has 0 amide bonds. The summed E-state index contributed by atoms with van der Waals surface area (Å²) in [5.41, 5.74) is 0. The van der Waals surface area contributed by atoms with Gasteiger partial charge in [-0.2, -0.15) is 13.2 Å². The number of alkyl halides is 6. The average molecular weight is 224 g/mol. The third-order valence-electron chi connectivity index (χ3n) is 0.383. The van der Waals surface area contributed by atoms with Gasteiger partial charge in [-0.3, -0.25) is 0 Å². The van der Waals surface area contributed by atoms with Crippen molar-refractivity contribution in [1.82, 2.24) is 0 Å². The first-order valence-electron chi connectivity index (χ1n) is 2.94. The van der Waals surface area contributed by atoms with Crippen LogP contribution in [0.1, 0.15) is 6.92 Å². The Balaban J connectivity index is 0. The molecule has 84 valence electrons. The maximum Gasteiger partial charge on any atom is 0.575 e. The number of halogens is 6. The van der Waals surface area contributed by atoms with Crippen LogP contribution in [0.15, 0.2) is 12.7 Å². The molecule has 0 N–H and O–H groups in total. The Morgan fingerprint density at radius 3 is 1.57 bits per heavy atom. The Kier molecular flexibility index (Phi) is 6.01. The molecule has 0 aliphatic rings. The molecule has 0 saturated heterocycles. The highest BCUT2D eigenvalue weighted by Gasteiger charge is 2.32. The predicted octanol–water partition coefficient (Wildman–Crippen LogP) is 2.80. The minimum absolute atomic E-state index is 0.188. The van der Waals surface area contributed by atoms with E-state index in [-0.39, 0.29) is 6.92 Å². The van der Waals surface area contributed by atoms with Crippen molar-refractivity contribution < 1.29 is 35.9 Å². The largest absolute Gasteiger partial charge is 0.575 e. The van der Waals surface area contributed by atoms with Gasteiger partial charge >= 0.3 is 18.5 Å². The fraction of sp³-hybridized carbons (Fsp3) is 0.500. The highest BCUT2D eigenvalue weighted by molar-refractivity contribution is 5.81. The summed E-state index contributed by atoms with van der Waals surface area (Å²) in [6.07, 6.45) is -8.46. The van der Waals surface area contributed by atoms with Gasteiger partial charge in [-0.15, -0.1) is 13.2 Å². The monoisotopic (exact) mass is 224 g/mol. The van der Waals surface area contributed by atoms with Crippen molar-refractivity contribution in [1.29, 1.82) is 0 Å². The molecular formula is C6H6F6O2. The van der Waals surface area contributed by atoms with Crippen molar-refractivity contribution in [2.24, 2.45) is 0 Å². The minimum Gasteiger partial charge on any atom is -0.370 e. The molecule has 0 heterocycles. The van der Waals surface area contributed by atoms with E-state index in [9.17, 15) is 31.1 Å². The second-order valence-electron chi connectivity index (χ2n) is 1.85. The van der Waals surface area contributed by atoms with Crippen molar-refractivity contribution in [2.45, 2.75) is 19.5 Å². The molecule has 0 aromatic rings. The summed E-state index contributed by atoms with van der Waals surface area (Å²) in [5.74, 6) is -1.50. The van der Waals surface area contributed by atoms with Crippen LogP contribution in [0.3, 0.4) is 0 Å². The van der Waals surface area contributed by atoms with Gasteiger partial charge < -0.3 is 4.74 Å². The van der Waals surface area contributed by atoms with Gasteiger partial charge in [0.1, 0.15) is 0 Å². The van der Waals surface area contributed by atoms with Crippen LogP contribution in [-0.4, -0.2) is 18.5 Å². The molecule has 2 nitrogen and oxygen atoms in total. The molecule has 0 bridgehead atoms. The quantitative estimate of drug-likeness (QED) is 0.389. The Labute approximate surface area is 75.1 Å². The van der Waals surface area contributed by atoms with Gasteiger partial charge in [0.15, 0.2) is 0 Å². The maximum atomic E-state index is 11.0. The number of hydrogen-bond acceptors (Lipinski definition) is 2. The first-order valence-corrected chi connectivity index (χ1v) is 2.94. The van der Waals surface area contributed by atoms with Crippen LogP contribution in [0.5, 0.6) is 0 Å². The van der Waals surface area contributed by atoms with Crippen molar-refractivity contribution in [3.8, 4) is 0 Å². The molecule has 0 fully saturated rings. The average Bonchev–Trinajstić information content (AvgIpc) is 1.79. The predicted molar refractivity (Wildman–Crippen MR) is 34.1 cm³/mol. The second-order valence-corrected chi connectivity index (χ2v) is 1.85. The number of carbonyl (C=O) groups is 1. The molecular weight excluding hydrogens is 218 g/mol. The fourth-order valence-corrected chi connectivity index (χ4v) is 0.156. The van der Waals surface area contributed by atoms with E-state index in [4.69, 9.17) is 0 Å². The number of ether oxygens (including phenoxy) is 1. The van der Waals surface area contributed by atoms with Crippen LogP contribution < -0.4 is 0 Å². The second kappa shape index (κ2) is 5.51. The number of hydrogen-bond donors (Lipinski definition) is 0. The van der Waals surface area contributed by atoms with Gasteiger partial charge in [-0.05, 0) is 0 Å². The van der Waals surface area contributed by atoms with Crippen LogP contribution in [0.25, 0.3) is 0 Å². The van der Waals surface area contributed by atoms with E-state index >= 15 is 0 Å². The Bertz CT molecular complexity index is 185. The lowest BCUT2D eigenvalue weighted by atomic mass is 10.7. The van der Waals surface area contributed by atoms with Gasteiger partial charge in [0.05, 0.1) is 0 Å². The van der Waals surface area contributed by atoms with Gasteiger partial charge in [-0.25, -0.2) is 4.79 Å². The fourth-order valence-electron chi connectivity index (χ4n) is 0.156. The number of carbonyl (C=O) groups excluding carboxylic acids is 1. The van der Waals surface area contributed by atoms with Crippen LogP contribution in [0, 0.1) is 0 Å². The summed E-state index contributed by atoms with van der Waals surface area (Å²) < 4.78 is 66.9. The summed E-state index contributed by atoms with van der Waals surface area (Å²) in [5, 5.41) is 0. The molecule has 0 aliphatic carbocycles. The standard InChI is InChI=1S/C4H3F3O2.C2H3F3/c1-2-3(8)9-4(5,6)7;1-2(3,4)5/h2H,1H2;1H3. The van der Waals surface area contributed by atoms with E-state index < -0.39 is 18.5 Å². The summed E-state index contributed by atoms with van der Waals surface area (Å²) >= 11 is 0. The van der Waals surface area contributed by atoms with Crippen molar-refractivity contribution in [3.63, 3.8) is 0 Å². The van der Waals surface area contributed by atoms with Crippen LogP contribution in [-0.2, 0) is 9.53 Å². The molecule has 0 rings (SSSR count). The summed E-state index contributed by atoms with van der Waals surface area (Å²) in [4.78, 5) is 9.77. The molecule has 14 heavy (non-hydrogen) atoms. The lowest BCUT2D eigenvalue weighted by Gasteiger charge is -2.02. The Morgan fingerprint density at radius 2 is 1.50 bits per heavy atom. The Morgan fingerprint density at radius 1 is 1.21 bits per heavy atom. The summed E-state index contributed by atoms with van der Waals surface area (Å²) in [7, 11) is 0. The maximum absolute atomic E-state index is 11.0. The highest BCUT2D eigenvalue weighted by Crippen LogP contribution is 2.15. The first-order chi connectivity index (χ1) is 5.95. The van der Waals surface area contributed by atoms with Gasteiger partial charge in [-0.1, -0.05) is 6.58 Å². The third kappa shape index (κ3) is 30.8. The SMILES string of the molecule is C=CC(=O)OC(F)(F)F.CC(F)(F)F. The topological polar surface area (TPSA) is 26.3 Å². The lowest BCUT2D eigenvalue weighted by Crippen LogP contribution is -2.17. The van der Waals surface area contributed by atoms with Crippen LogP contribution >= 0.6 is 0 Å². The lowest BCUT2D eigenvalue weighted by molar-refractivity contribution is -0.302. The third-order valence-corrected chi connectivity index (χ3v) is 0.383. The van der Waals surface area contributed by atoms with Gasteiger partial charge in [0, 0.05) is 13.0 Å². The van der Waals surface area contributed by atoms with E-state index in [1.165, 1.54) is 0 Å². The molecule has 0 radical (unpaired) electrons.